The molecular weight excluding hydrogens is 731 g/mol. The van der Waals surface area contributed by atoms with Crippen LogP contribution < -0.4 is 0 Å². The van der Waals surface area contributed by atoms with E-state index in [1.54, 1.807) is 0 Å². The molecule has 0 unspecified atom stereocenters. The predicted molar refractivity (Wildman–Crippen MR) is 254 cm³/mol. The van der Waals surface area contributed by atoms with Crippen molar-refractivity contribution >= 4 is 98.5 Å². The minimum absolute atomic E-state index is 0.445. The van der Waals surface area contributed by atoms with Gasteiger partial charge in [0.05, 0.1) is 17.6 Å². The lowest BCUT2D eigenvalue weighted by Crippen LogP contribution is -2.11. The quantitative estimate of drug-likeness (QED) is 0.0999. The van der Waals surface area contributed by atoms with Crippen LogP contribution in [0, 0.1) is 0 Å². The number of nitrogens with zero attached hydrogens (tertiary/aromatic N) is 3. The molecule has 0 fully saturated rings. The van der Waals surface area contributed by atoms with E-state index >= 15 is 0 Å². The number of furan rings is 1. The molecule has 10 aromatic carbocycles. The summed E-state index contributed by atoms with van der Waals surface area (Å²) in [5, 5.41) is 14.7. The zero-order valence-corrected chi connectivity index (χ0v) is 32.9. The Morgan fingerprint density at radius 3 is 1.80 bits per heavy atom. The first-order chi connectivity index (χ1) is 29.7. The maximum atomic E-state index is 6.27. The molecule has 12 rings (SSSR count). The van der Waals surface area contributed by atoms with Crippen LogP contribution >= 0.6 is 0 Å². The van der Waals surface area contributed by atoms with Crippen LogP contribution in [0.25, 0.3) is 98.0 Å². The molecule has 12 aromatic rings. The summed E-state index contributed by atoms with van der Waals surface area (Å²) >= 11 is 0. The van der Waals surface area contributed by atoms with Crippen molar-refractivity contribution in [3.8, 4) is 11.1 Å². The molecule has 2 aromatic heterocycles. The molecule has 0 amide bonds. The topological polar surface area (TPSA) is 42.8 Å². The van der Waals surface area contributed by atoms with E-state index < -0.39 is 0 Å². The van der Waals surface area contributed by atoms with E-state index in [4.69, 9.17) is 14.4 Å². The van der Waals surface area contributed by atoms with E-state index in [1.165, 1.54) is 59.4 Å². The highest BCUT2D eigenvalue weighted by molar-refractivity contribution is 6.38. The summed E-state index contributed by atoms with van der Waals surface area (Å²) in [5.74, 6) is 1.51. The third kappa shape index (κ3) is 5.38. The van der Waals surface area contributed by atoms with Crippen LogP contribution in [0.1, 0.15) is 18.1 Å². The second-order valence-corrected chi connectivity index (χ2v) is 15.7. The lowest BCUT2D eigenvalue weighted by atomic mass is 9.91. The fourth-order valence-corrected chi connectivity index (χ4v) is 9.48. The highest BCUT2D eigenvalue weighted by Crippen LogP contribution is 2.44. The van der Waals surface area contributed by atoms with Gasteiger partial charge in [-0.1, -0.05) is 170 Å². The number of amidine groups is 1. The standard InChI is InChI=1S/C56H37N3O/c1-35(58-56(40-26-24-38(25-27-40)37-13-3-2-4-14-37)57-34-36-23-29-46-45-20-11-12-22-51(45)60-52(46)33-36)59-49-31-28-39-15-5-6-16-41(39)54(49)55-50(59)32-30-48-44-19-8-7-17-42(44)43-18-9-10-21-47(43)53(48)55/h2-33H,34H2,1H3. The van der Waals surface area contributed by atoms with E-state index in [0.29, 0.717) is 12.4 Å². The minimum Gasteiger partial charge on any atom is -0.456 e. The number of aliphatic imine (C=N–C) groups is 2. The lowest BCUT2D eigenvalue weighted by molar-refractivity contribution is 0.668. The summed E-state index contributed by atoms with van der Waals surface area (Å²) in [6, 6.07) is 69.2. The third-order valence-corrected chi connectivity index (χ3v) is 12.2. The molecule has 0 radical (unpaired) electrons. The van der Waals surface area contributed by atoms with E-state index in [1.807, 2.05) is 18.2 Å². The number of hydrogen-bond donors (Lipinski definition) is 0. The smallest absolute Gasteiger partial charge is 0.156 e. The van der Waals surface area contributed by atoms with Gasteiger partial charge in [-0.05, 0) is 85.6 Å². The number of benzene rings is 10. The Hall–Kier alpha value is -7.82. The number of rotatable bonds is 4. The number of aromatic nitrogens is 1. The van der Waals surface area contributed by atoms with Crippen LogP contribution in [0.4, 0.5) is 0 Å². The summed E-state index contributed by atoms with van der Waals surface area (Å²) in [6.07, 6.45) is 0. The van der Waals surface area contributed by atoms with Gasteiger partial charge in [0.15, 0.2) is 5.84 Å². The van der Waals surface area contributed by atoms with E-state index in [-0.39, 0.29) is 0 Å². The summed E-state index contributed by atoms with van der Waals surface area (Å²) in [4.78, 5) is 10.8. The van der Waals surface area contributed by atoms with Gasteiger partial charge in [0.1, 0.15) is 17.0 Å². The summed E-state index contributed by atoms with van der Waals surface area (Å²) in [5.41, 5.74) is 8.31. The summed E-state index contributed by atoms with van der Waals surface area (Å²) < 4.78 is 8.61. The van der Waals surface area contributed by atoms with Crippen molar-refractivity contribution < 1.29 is 4.42 Å². The average molecular weight is 768 g/mol. The molecule has 0 spiro atoms. The molecule has 0 saturated carbocycles. The second-order valence-electron chi connectivity index (χ2n) is 15.7. The highest BCUT2D eigenvalue weighted by Gasteiger charge is 2.21. The molecule has 4 heteroatoms. The van der Waals surface area contributed by atoms with Gasteiger partial charge in [-0.2, -0.15) is 0 Å². The Morgan fingerprint density at radius 2 is 1.02 bits per heavy atom. The zero-order chi connectivity index (χ0) is 39.7. The second kappa shape index (κ2) is 13.6. The molecule has 0 saturated heterocycles. The van der Waals surface area contributed by atoms with E-state index in [0.717, 1.165) is 55.5 Å². The van der Waals surface area contributed by atoms with Crippen LogP contribution in [0.5, 0.6) is 0 Å². The molecule has 60 heavy (non-hydrogen) atoms. The molecule has 0 atom stereocenters. The van der Waals surface area contributed by atoms with Crippen molar-refractivity contribution in [1.82, 2.24) is 4.57 Å². The van der Waals surface area contributed by atoms with Crippen LogP contribution in [-0.4, -0.2) is 16.2 Å². The Morgan fingerprint density at radius 1 is 0.450 bits per heavy atom. The third-order valence-electron chi connectivity index (χ3n) is 12.2. The lowest BCUT2D eigenvalue weighted by Gasteiger charge is -2.13. The molecular formula is C56H37N3O. The maximum Gasteiger partial charge on any atom is 0.156 e. The zero-order valence-electron chi connectivity index (χ0n) is 32.9. The Kier molecular flexibility index (Phi) is 7.79. The van der Waals surface area contributed by atoms with Gasteiger partial charge in [0.25, 0.3) is 0 Å². The van der Waals surface area contributed by atoms with Crippen molar-refractivity contribution in [1.29, 1.82) is 0 Å². The van der Waals surface area contributed by atoms with Crippen molar-refractivity contribution in [2.75, 3.05) is 0 Å². The first-order valence-corrected chi connectivity index (χ1v) is 20.5. The molecule has 2 heterocycles. The van der Waals surface area contributed by atoms with Gasteiger partial charge >= 0.3 is 0 Å². The van der Waals surface area contributed by atoms with E-state index in [2.05, 4.69) is 187 Å². The van der Waals surface area contributed by atoms with Gasteiger partial charge in [-0.15, -0.1) is 0 Å². The minimum atomic E-state index is 0.445. The highest BCUT2D eigenvalue weighted by atomic mass is 16.3. The average Bonchev–Trinajstić information content (AvgIpc) is 3.86. The molecule has 0 bridgehead atoms. The first-order valence-electron chi connectivity index (χ1n) is 20.5. The van der Waals surface area contributed by atoms with Gasteiger partial charge in [-0.25, -0.2) is 4.99 Å². The van der Waals surface area contributed by atoms with Crippen LogP contribution in [0.15, 0.2) is 209 Å². The molecule has 0 aliphatic heterocycles. The molecule has 0 N–H and O–H groups in total. The molecule has 0 aliphatic rings. The van der Waals surface area contributed by atoms with Crippen LogP contribution in [0.3, 0.4) is 0 Å². The summed E-state index contributed by atoms with van der Waals surface area (Å²) in [6.45, 7) is 2.56. The predicted octanol–water partition coefficient (Wildman–Crippen LogP) is 14.9. The molecule has 0 aliphatic carbocycles. The monoisotopic (exact) mass is 767 g/mol. The van der Waals surface area contributed by atoms with Gasteiger partial charge in [0, 0.05) is 32.5 Å². The Labute approximate surface area is 346 Å². The van der Waals surface area contributed by atoms with Crippen molar-refractivity contribution in [2.24, 2.45) is 9.98 Å². The molecule has 4 nitrogen and oxygen atoms in total. The van der Waals surface area contributed by atoms with Crippen LogP contribution in [0.2, 0.25) is 0 Å². The van der Waals surface area contributed by atoms with Crippen molar-refractivity contribution in [2.45, 2.75) is 13.5 Å². The Bertz CT molecular complexity index is 3700. The van der Waals surface area contributed by atoms with E-state index in [9.17, 15) is 0 Å². The first kappa shape index (κ1) is 34.2. The fourth-order valence-electron chi connectivity index (χ4n) is 9.48. The van der Waals surface area contributed by atoms with Gasteiger partial charge in [-0.3, -0.25) is 9.56 Å². The largest absolute Gasteiger partial charge is 0.456 e. The summed E-state index contributed by atoms with van der Waals surface area (Å²) in [7, 11) is 0. The number of hydrogen-bond acceptors (Lipinski definition) is 2. The normalized spacial score (nSPS) is 12.7. The maximum absolute atomic E-state index is 6.27. The molecule has 282 valence electrons. The van der Waals surface area contributed by atoms with Gasteiger partial charge in [0.2, 0.25) is 0 Å². The number of fused-ring (bicyclic) bond motifs is 15. The SMILES string of the molecule is CC(=NC(=NCc1ccc2c(c1)oc1ccccc12)c1ccc(-c2ccccc2)cc1)n1c2ccc3ccccc3c2c2c3c4ccccc4c4ccccc4c3ccc21. The Balaban J connectivity index is 1.09. The van der Waals surface area contributed by atoms with Crippen molar-refractivity contribution in [3.05, 3.63) is 205 Å². The van der Waals surface area contributed by atoms with Gasteiger partial charge < -0.3 is 4.42 Å². The number of para-hydroxylation sites is 1. The van der Waals surface area contributed by atoms with Crippen LogP contribution in [-0.2, 0) is 6.54 Å². The fraction of sp³-hybridized carbons (Fsp3) is 0.0357. The van der Waals surface area contributed by atoms with Crippen molar-refractivity contribution in [3.63, 3.8) is 0 Å².